The molecule has 1 heterocycles. The van der Waals surface area contributed by atoms with E-state index in [1.165, 1.54) is 4.90 Å². The van der Waals surface area contributed by atoms with Gasteiger partial charge in [-0.1, -0.05) is 29.8 Å². The number of rotatable bonds is 9. The molecule has 164 valence electrons. The second-order valence-electron chi connectivity index (χ2n) is 7.99. The Kier molecular flexibility index (Phi) is 7.13. The zero-order valence-corrected chi connectivity index (χ0v) is 18.8. The molecule has 0 unspecified atom stereocenters. The lowest BCUT2D eigenvalue weighted by Crippen LogP contribution is -2.34. The first-order valence-electron chi connectivity index (χ1n) is 10.5. The maximum Gasteiger partial charge on any atom is 0.278 e. The summed E-state index contributed by atoms with van der Waals surface area (Å²) in [6, 6.07) is 13.2. The first-order valence-corrected chi connectivity index (χ1v) is 10.5. The van der Waals surface area contributed by atoms with Crippen LogP contribution in [0.3, 0.4) is 0 Å². The molecule has 6 heteroatoms. The number of amides is 2. The van der Waals surface area contributed by atoms with Crippen LogP contribution >= 0.6 is 0 Å². The van der Waals surface area contributed by atoms with Gasteiger partial charge >= 0.3 is 0 Å². The largest absolute Gasteiger partial charge is 0.491 e. The molecule has 3 rings (SSSR count). The normalized spacial score (nSPS) is 14.1. The smallest absolute Gasteiger partial charge is 0.278 e. The van der Waals surface area contributed by atoms with Gasteiger partial charge in [0.05, 0.1) is 11.7 Å². The van der Waals surface area contributed by atoms with E-state index in [9.17, 15) is 9.59 Å². The number of ether oxygens (including phenoxy) is 2. The lowest BCUT2D eigenvalue weighted by Gasteiger charge is -2.15. The molecule has 6 nitrogen and oxygen atoms in total. The summed E-state index contributed by atoms with van der Waals surface area (Å²) in [6.45, 7) is 8.70. The Morgan fingerprint density at radius 1 is 1.00 bits per heavy atom. The highest BCUT2D eigenvalue weighted by Gasteiger charge is 2.39. The number of carbonyl (C=O) groups excluding carboxylic acids is 2. The molecule has 0 spiro atoms. The van der Waals surface area contributed by atoms with Crippen LogP contribution in [0.25, 0.3) is 5.57 Å². The molecule has 1 aliphatic rings. The van der Waals surface area contributed by atoms with Crippen LogP contribution < -0.4 is 10.1 Å². The molecule has 0 saturated heterocycles. The Labute approximate surface area is 183 Å². The average molecular weight is 423 g/mol. The maximum atomic E-state index is 13.2. The predicted molar refractivity (Wildman–Crippen MR) is 122 cm³/mol. The highest BCUT2D eigenvalue weighted by Crippen LogP contribution is 2.32. The number of carbonyl (C=O) groups is 2. The second-order valence-corrected chi connectivity index (χ2v) is 7.99. The van der Waals surface area contributed by atoms with Crippen LogP contribution in [-0.4, -0.2) is 43.1 Å². The topological polar surface area (TPSA) is 67.9 Å². The molecule has 0 atom stereocenters. The number of anilines is 1. The highest BCUT2D eigenvalue weighted by molar-refractivity contribution is 6.36. The molecule has 0 radical (unpaired) electrons. The molecule has 2 aromatic rings. The monoisotopic (exact) mass is 422 g/mol. The third-order valence-corrected chi connectivity index (χ3v) is 5.05. The predicted octanol–water partition coefficient (Wildman–Crippen LogP) is 4.32. The second kappa shape index (κ2) is 9.79. The number of nitrogens with zero attached hydrogens (tertiary/aromatic N) is 1. The van der Waals surface area contributed by atoms with Gasteiger partial charge in [0.2, 0.25) is 0 Å². The zero-order valence-electron chi connectivity index (χ0n) is 18.8. The zero-order chi connectivity index (χ0) is 22.5. The van der Waals surface area contributed by atoms with Crippen molar-refractivity contribution in [2.75, 3.05) is 25.6 Å². The molecule has 0 bridgehead atoms. The minimum atomic E-state index is -0.321. The third-order valence-electron chi connectivity index (χ3n) is 5.05. The minimum absolute atomic E-state index is 0.0535. The van der Waals surface area contributed by atoms with Crippen molar-refractivity contribution >= 4 is 23.1 Å². The van der Waals surface area contributed by atoms with Gasteiger partial charge in [0.25, 0.3) is 11.8 Å². The van der Waals surface area contributed by atoms with Gasteiger partial charge in [-0.05, 0) is 63.4 Å². The average Bonchev–Trinajstić information content (AvgIpc) is 2.94. The fraction of sp³-hybridized carbons (Fsp3) is 0.360. The summed E-state index contributed by atoms with van der Waals surface area (Å²) >= 11 is 0. The summed E-state index contributed by atoms with van der Waals surface area (Å²) in [5.41, 5.74) is 4.29. The van der Waals surface area contributed by atoms with Gasteiger partial charge < -0.3 is 14.8 Å². The van der Waals surface area contributed by atoms with Crippen LogP contribution in [0.5, 0.6) is 5.75 Å². The molecule has 0 aromatic heterocycles. The van der Waals surface area contributed by atoms with E-state index in [-0.39, 0.29) is 17.9 Å². The molecule has 1 N–H and O–H groups in total. The first kappa shape index (κ1) is 22.6. The fourth-order valence-electron chi connectivity index (χ4n) is 3.59. The Morgan fingerprint density at radius 2 is 1.71 bits per heavy atom. The number of benzene rings is 2. The van der Waals surface area contributed by atoms with Crippen molar-refractivity contribution in [3.63, 3.8) is 0 Å². The van der Waals surface area contributed by atoms with Crippen LogP contribution in [0, 0.1) is 13.8 Å². The molecule has 1 aliphatic heterocycles. The highest BCUT2D eigenvalue weighted by atomic mass is 16.5. The number of nitrogens with one attached hydrogen (secondary N) is 1. The fourth-order valence-corrected chi connectivity index (χ4v) is 3.59. The van der Waals surface area contributed by atoms with Gasteiger partial charge in [-0.15, -0.1) is 0 Å². The Balaban J connectivity index is 1.99. The van der Waals surface area contributed by atoms with Crippen molar-refractivity contribution in [2.24, 2.45) is 0 Å². The van der Waals surface area contributed by atoms with Gasteiger partial charge in [0, 0.05) is 25.9 Å². The SMILES string of the molecule is COCCCN1C(=O)C(Nc2ccc(C)cc2C)=C(c2ccc(OC(C)C)cc2)C1=O. The van der Waals surface area contributed by atoms with Crippen molar-refractivity contribution in [1.82, 2.24) is 4.90 Å². The molecule has 0 aliphatic carbocycles. The van der Waals surface area contributed by atoms with E-state index in [1.54, 1.807) is 7.11 Å². The number of imide groups is 1. The van der Waals surface area contributed by atoms with Crippen LogP contribution in [0.2, 0.25) is 0 Å². The number of hydrogen-bond donors (Lipinski definition) is 1. The van der Waals surface area contributed by atoms with Crippen molar-refractivity contribution in [3.8, 4) is 5.75 Å². The molecule has 0 saturated carbocycles. The van der Waals surface area contributed by atoms with Crippen LogP contribution in [-0.2, 0) is 14.3 Å². The molecule has 2 aromatic carbocycles. The lowest BCUT2D eigenvalue weighted by molar-refractivity contribution is -0.136. The standard InChI is InChI=1S/C25H30N2O4/c1-16(2)31-20-10-8-19(9-11-20)22-23(26-21-12-7-17(3)15-18(21)4)25(29)27(24(22)28)13-6-14-30-5/h7-12,15-16,26H,6,13-14H2,1-5H3. The van der Waals surface area contributed by atoms with Crippen molar-refractivity contribution in [1.29, 1.82) is 0 Å². The third kappa shape index (κ3) is 5.14. The molecular formula is C25H30N2O4. The summed E-state index contributed by atoms with van der Waals surface area (Å²) in [7, 11) is 1.60. The van der Waals surface area contributed by atoms with Crippen LogP contribution in [0.4, 0.5) is 5.69 Å². The quantitative estimate of drug-likeness (QED) is 0.482. The Bertz CT molecular complexity index is 993. The van der Waals surface area contributed by atoms with Gasteiger partial charge in [0.15, 0.2) is 0 Å². The molecule has 0 fully saturated rings. The van der Waals surface area contributed by atoms with E-state index in [2.05, 4.69) is 5.32 Å². The summed E-state index contributed by atoms with van der Waals surface area (Å²) in [5, 5.41) is 3.24. The molecular weight excluding hydrogens is 392 g/mol. The number of hydrogen-bond acceptors (Lipinski definition) is 5. The van der Waals surface area contributed by atoms with Gasteiger partial charge in [-0.3, -0.25) is 14.5 Å². The van der Waals surface area contributed by atoms with Gasteiger partial charge in [0.1, 0.15) is 11.4 Å². The van der Waals surface area contributed by atoms with E-state index in [1.807, 2.05) is 70.2 Å². The maximum absolute atomic E-state index is 13.2. The van der Waals surface area contributed by atoms with E-state index in [0.29, 0.717) is 36.4 Å². The molecule has 2 amide bonds. The number of aryl methyl sites for hydroxylation is 2. The first-order chi connectivity index (χ1) is 14.8. The summed E-state index contributed by atoms with van der Waals surface area (Å²) < 4.78 is 10.8. The van der Waals surface area contributed by atoms with E-state index >= 15 is 0 Å². The van der Waals surface area contributed by atoms with Crippen LogP contribution in [0.15, 0.2) is 48.2 Å². The number of methoxy groups -OCH3 is 1. The van der Waals surface area contributed by atoms with E-state index in [4.69, 9.17) is 9.47 Å². The summed E-state index contributed by atoms with van der Waals surface area (Å²) in [5.74, 6) is 0.0986. The van der Waals surface area contributed by atoms with Crippen molar-refractivity contribution in [2.45, 2.75) is 40.2 Å². The Morgan fingerprint density at radius 3 is 2.32 bits per heavy atom. The van der Waals surface area contributed by atoms with E-state index in [0.717, 1.165) is 22.6 Å². The van der Waals surface area contributed by atoms with Crippen molar-refractivity contribution < 1.29 is 19.1 Å². The Hall–Kier alpha value is -3.12. The van der Waals surface area contributed by atoms with Crippen LogP contribution in [0.1, 0.15) is 37.0 Å². The summed E-state index contributed by atoms with van der Waals surface area (Å²) in [6.07, 6.45) is 0.636. The lowest BCUT2D eigenvalue weighted by atomic mass is 10.0. The summed E-state index contributed by atoms with van der Waals surface area (Å²) in [4.78, 5) is 27.7. The minimum Gasteiger partial charge on any atom is -0.491 e. The van der Waals surface area contributed by atoms with Gasteiger partial charge in [-0.25, -0.2) is 0 Å². The van der Waals surface area contributed by atoms with Gasteiger partial charge in [-0.2, -0.15) is 0 Å². The van der Waals surface area contributed by atoms with E-state index < -0.39 is 0 Å². The van der Waals surface area contributed by atoms with Crippen molar-refractivity contribution in [3.05, 3.63) is 64.9 Å². The molecule has 31 heavy (non-hydrogen) atoms.